The molecule has 2 heterocycles. The number of nitrogens with one attached hydrogen (secondary N) is 1. The van der Waals surface area contributed by atoms with E-state index in [9.17, 15) is 0 Å². The van der Waals surface area contributed by atoms with Crippen molar-refractivity contribution in [1.82, 2.24) is 10.3 Å². The predicted octanol–water partition coefficient (Wildman–Crippen LogP) is 3.46. The van der Waals surface area contributed by atoms with Gasteiger partial charge in [-0.2, -0.15) is 11.8 Å². The van der Waals surface area contributed by atoms with Crippen LogP contribution >= 0.6 is 23.1 Å². The summed E-state index contributed by atoms with van der Waals surface area (Å²) in [6.45, 7) is 8.98. The topological polar surface area (TPSA) is 28.2 Å². The third-order valence-corrected chi connectivity index (χ3v) is 6.17. The lowest BCUT2D eigenvalue weighted by atomic mass is 10.2. The second kappa shape index (κ2) is 6.67. The highest BCUT2D eigenvalue weighted by Gasteiger charge is 2.31. The Bertz CT molecular complexity index is 442. The molecule has 112 valence electrons. The molecule has 2 fully saturated rings. The third kappa shape index (κ3) is 3.49. The van der Waals surface area contributed by atoms with Gasteiger partial charge in [-0.3, -0.25) is 0 Å². The molecule has 3 nitrogen and oxygen atoms in total. The van der Waals surface area contributed by atoms with Gasteiger partial charge in [0.1, 0.15) is 0 Å². The van der Waals surface area contributed by atoms with Crippen LogP contribution in [0.15, 0.2) is 0 Å². The average molecular weight is 312 g/mol. The van der Waals surface area contributed by atoms with Crippen LogP contribution in [0.2, 0.25) is 0 Å². The number of anilines is 1. The molecule has 20 heavy (non-hydrogen) atoms. The van der Waals surface area contributed by atoms with Crippen molar-refractivity contribution in [3.63, 3.8) is 0 Å². The van der Waals surface area contributed by atoms with E-state index in [4.69, 9.17) is 4.98 Å². The normalized spacial score (nSPS) is 23.3. The summed E-state index contributed by atoms with van der Waals surface area (Å²) in [5.74, 6) is 2.00. The van der Waals surface area contributed by atoms with Gasteiger partial charge in [0.2, 0.25) is 0 Å². The van der Waals surface area contributed by atoms with Gasteiger partial charge in [-0.25, -0.2) is 4.98 Å². The van der Waals surface area contributed by atoms with Crippen LogP contribution in [-0.4, -0.2) is 35.6 Å². The van der Waals surface area contributed by atoms with Crippen molar-refractivity contribution in [3.8, 4) is 0 Å². The molecule has 2 aliphatic rings. The first-order chi connectivity index (χ1) is 9.78. The van der Waals surface area contributed by atoms with E-state index in [0.29, 0.717) is 0 Å². The average Bonchev–Trinajstić information content (AvgIpc) is 3.20. The van der Waals surface area contributed by atoms with Crippen LogP contribution in [0.1, 0.15) is 49.6 Å². The van der Waals surface area contributed by atoms with Crippen LogP contribution < -0.4 is 10.2 Å². The lowest BCUT2D eigenvalue weighted by Gasteiger charge is -2.30. The van der Waals surface area contributed by atoms with Crippen molar-refractivity contribution >= 4 is 28.2 Å². The molecule has 1 aromatic heterocycles. The van der Waals surface area contributed by atoms with E-state index in [-0.39, 0.29) is 0 Å². The molecule has 1 N–H and O–H groups in total. The van der Waals surface area contributed by atoms with E-state index in [1.54, 1.807) is 0 Å². The minimum absolute atomic E-state index is 0.735. The van der Waals surface area contributed by atoms with Crippen molar-refractivity contribution in [1.29, 1.82) is 0 Å². The fraction of sp³-hybridized carbons (Fsp3) is 0.800. The first kappa shape index (κ1) is 14.7. The van der Waals surface area contributed by atoms with Gasteiger partial charge >= 0.3 is 0 Å². The van der Waals surface area contributed by atoms with Crippen LogP contribution in [0.25, 0.3) is 0 Å². The second-order valence-corrected chi connectivity index (χ2v) is 8.49. The van der Waals surface area contributed by atoms with Gasteiger partial charge in [0, 0.05) is 41.4 Å². The Morgan fingerprint density at radius 1 is 1.40 bits per heavy atom. The maximum absolute atomic E-state index is 5.00. The maximum Gasteiger partial charge on any atom is 0.185 e. The number of hydrogen-bond donors (Lipinski definition) is 1. The zero-order valence-corrected chi connectivity index (χ0v) is 14.2. The molecule has 1 aromatic rings. The third-order valence-electron chi connectivity index (χ3n) is 3.90. The summed E-state index contributed by atoms with van der Waals surface area (Å²) < 4.78 is 0. The van der Waals surface area contributed by atoms with E-state index in [1.807, 2.05) is 11.3 Å². The number of thiazole rings is 1. The van der Waals surface area contributed by atoms with Gasteiger partial charge in [0.15, 0.2) is 5.13 Å². The monoisotopic (exact) mass is 311 g/mol. The van der Waals surface area contributed by atoms with Gasteiger partial charge in [0.05, 0.1) is 5.69 Å². The number of thioether (sulfide) groups is 1. The lowest BCUT2D eigenvalue weighted by Crippen LogP contribution is -2.36. The Hall–Kier alpha value is -0.260. The van der Waals surface area contributed by atoms with E-state index in [1.165, 1.54) is 40.7 Å². The van der Waals surface area contributed by atoms with Crippen molar-refractivity contribution in [2.45, 2.75) is 50.8 Å². The predicted molar refractivity (Wildman–Crippen MR) is 90.2 cm³/mol. The van der Waals surface area contributed by atoms with Crippen LogP contribution in [0.3, 0.4) is 0 Å². The Balaban J connectivity index is 1.72. The van der Waals surface area contributed by atoms with Crippen LogP contribution in [-0.2, 0) is 6.54 Å². The Morgan fingerprint density at radius 2 is 2.25 bits per heavy atom. The summed E-state index contributed by atoms with van der Waals surface area (Å²) >= 11 is 4.02. The summed E-state index contributed by atoms with van der Waals surface area (Å²) in [5.41, 5.74) is 1.40. The van der Waals surface area contributed by atoms with Gasteiger partial charge in [-0.15, -0.1) is 11.3 Å². The Labute approximate surface area is 130 Å². The molecule has 0 spiro atoms. The number of rotatable bonds is 6. The fourth-order valence-corrected chi connectivity index (χ4v) is 4.82. The summed E-state index contributed by atoms with van der Waals surface area (Å²) in [5, 5.41) is 5.55. The summed E-state index contributed by atoms with van der Waals surface area (Å²) in [6.07, 6.45) is 3.89. The second-order valence-electron chi connectivity index (χ2n) is 5.88. The zero-order valence-electron chi connectivity index (χ0n) is 12.5. The summed E-state index contributed by atoms with van der Waals surface area (Å²) in [4.78, 5) is 8.99. The van der Waals surface area contributed by atoms with Crippen LogP contribution in [0.5, 0.6) is 0 Å². The highest BCUT2D eigenvalue weighted by molar-refractivity contribution is 8.00. The van der Waals surface area contributed by atoms with Crippen molar-refractivity contribution in [3.05, 3.63) is 10.6 Å². The highest BCUT2D eigenvalue weighted by Crippen LogP contribution is 2.44. The minimum Gasteiger partial charge on any atom is -0.346 e. The van der Waals surface area contributed by atoms with Crippen molar-refractivity contribution < 1.29 is 0 Å². The maximum atomic E-state index is 5.00. The number of hydrogen-bond acceptors (Lipinski definition) is 5. The number of nitrogens with zero attached hydrogens (tertiary/aromatic N) is 2. The number of aromatic nitrogens is 1. The standard InChI is InChI=1S/C15H25N3S2/c1-3-6-16-9-13-14(12-4-5-12)17-15(20-13)18-7-8-19-11(2)10-18/h11-12,16H,3-10H2,1-2H3. The SMILES string of the molecule is CCCNCc1sc(N2CCSC(C)C2)nc1C1CC1. The summed E-state index contributed by atoms with van der Waals surface area (Å²) in [6, 6.07) is 0. The molecule has 1 aliphatic carbocycles. The molecule has 0 aromatic carbocycles. The van der Waals surface area contributed by atoms with Crippen molar-refractivity contribution in [2.24, 2.45) is 0 Å². The molecule has 0 amide bonds. The summed E-state index contributed by atoms with van der Waals surface area (Å²) in [7, 11) is 0. The minimum atomic E-state index is 0.735. The molecule has 1 saturated heterocycles. The zero-order chi connectivity index (χ0) is 13.9. The first-order valence-corrected chi connectivity index (χ1v) is 9.71. The van der Waals surface area contributed by atoms with E-state index >= 15 is 0 Å². The van der Waals surface area contributed by atoms with E-state index in [0.717, 1.165) is 37.3 Å². The van der Waals surface area contributed by atoms with Gasteiger partial charge in [-0.05, 0) is 25.8 Å². The first-order valence-electron chi connectivity index (χ1n) is 7.84. The fourth-order valence-electron chi connectivity index (χ4n) is 2.66. The Morgan fingerprint density at radius 3 is 2.95 bits per heavy atom. The molecule has 3 rings (SSSR count). The smallest absolute Gasteiger partial charge is 0.185 e. The molecule has 1 aliphatic heterocycles. The largest absolute Gasteiger partial charge is 0.346 e. The van der Waals surface area contributed by atoms with Crippen LogP contribution in [0, 0.1) is 0 Å². The quantitative estimate of drug-likeness (QED) is 0.814. The molecule has 0 radical (unpaired) electrons. The molecule has 1 saturated carbocycles. The van der Waals surface area contributed by atoms with Gasteiger partial charge in [0.25, 0.3) is 0 Å². The molecular formula is C15H25N3S2. The molecular weight excluding hydrogens is 286 g/mol. The van der Waals surface area contributed by atoms with E-state index in [2.05, 4.69) is 35.8 Å². The van der Waals surface area contributed by atoms with Gasteiger partial charge < -0.3 is 10.2 Å². The van der Waals surface area contributed by atoms with E-state index < -0.39 is 0 Å². The molecule has 0 bridgehead atoms. The van der Waals surface area contributed by atoms with Crippen LogP contribution in [0.4, 0.5) is 5.13 Å². The molecule has 1 atom stereocenters. The molecule has 1 unspecified atom stereocenters. The lowest BCUT2D eigenvalue weighted by molar-refractivity contribution is 0.676. The van der Waals surface area contributed by atoms with Gasteiger partial charge in [-0.1, -0.05) is 13.8 Å². The van der Waals surface area contributed by atoms with Crippen molar-refractivity contribution in [2.75, 3.05) is 30.3 Å². The Kier molecular flexibility index (Phi) is 4.89. The molecule has 5 heteroatoms. The highest BCUT2D eigenvalue weighted by atomic mass is 32.2.